The number of pyridine rings is 1. The average Bonchev–Trinajstić information content (AvgIpc) is 3.18. The Morgan fingerprint density at radius 2 is 2.03 bits per heavy atom. The lowest BCUT2D eigenvalue weighted by Gasteiger charge is -2.38. The van der Waals surface area contributed by atoms with E-state index in [9.17, 15) is 9.90 Å². The van der Waals surface area contributed by atoms with E-state index in [2.05, 4.69) is 33.2 Å². The fourth-order valence-corrected chi connectivity index (χ4v) is 4.43. The number of nitrogens with two attached hydrogens (primary N) is 2. The number of aromatic nitrogens is 4. The Hall–Kier alpha value is -3.46. The molecular formula is C22H25N7O2. The molecule has 4 heterocycles. The highest BCUT2D eigenvalue weighted by molar-refractivity contribution is 5.80. The molecule has 1 saturated heterocycles. The number of fused-ring (bicyclic) bond motifs is 2. The van der Waals surface area contributed by atoms with Crippen LogP contribution in [0.1, 0.15) is 36.9 Å². The van der Waals surface area contributed by atoms with Crippen molar-refractivity contribution in [1.29, 1.82) is 0 Å². The van der Waals surface area contributed by atoms with Gasteiger partial charge in [0.15, 0.2) is 5.65 Å². The van der Waals surface area contributed by atoms with Gasteiger partial charge in [0, 0.05) is 42.2 Å². The average molecular weight is 419 g/mol. The van der Waals surface area contributed by atoms with Gasteiger partial charge >= 0.3 is 0 Å². The minimum absolute atomic E-state index is 0.0258. The number of nitrogen functional groups attached to an aromatic ring is 1. The molecule has 1 aliphatic carbocycles. The largest absolute Gasteiger partial charge is 0.389 e. The number of aryl methyl sites for hydroxylation is 1. The van der Waals surface area contributed by atoms with Crippen molar-refractivity contribution in [2.24, 2.45) is 5.73 Å². The fourth-order valence-electron chi connectivity index (χ4n) is 4.43. The van der Waals surface area contributed by atoms with E-state index in [-0.39, 0.29) is 6.42 Å². The number of hydrogen-bond acceptors (Lipinski definition) is 7. The first-order chi connectivity index (χ1) is 14.9. The van der Waals surface area contributed by atoms with Crippen LogP contribution >= 0.6 is 0 Å². The lowest BCUT2D eigenvalue weighted by Crippen LogP contribution is -2.46. The summed E-state index contributed by atoms with van der Waals surface area (Å²) in [6.45, 7) is 1.11. The predicted octanol–water partition coefficient (Wildman–Crippen LogP) is 1.54. The molecule has 0 unspecified atom stereocenters. The Morgan fingerprint density at radius 3 is 2.81 bits per heavy atom. The van der Waals surface area contributed by atoms with Crippen molar-refractivity contribution in [3.8, 4) is 11.1 Å². The number of hydrogen-bond donors (Lipinski definition) is 3. The molecule has 0 spiro atoms. The number of amides is 1. The number of anilines is 2. The van der Waals surface area contributed by atoms with Crippen molar-refractivity contribution in [2.75, 3.05) is 23.7 Å². The van der Waals surface area contributed by atoms with Gasteiger partial charge in [-0.05, 0) is 37.3 Å². The second-order valence-corrected chi connectivity index (χ2v) is 8.39. The Kier molecular flexibility index (Phi) is 4.62. The quantitative estimate of drug-likeness (QED) is 0.583. The SMILES string of the molecule is NC(=O)CC1(O)CCN(c2cc(N)n3ncc(-c4cnc5c(c4)C=CCC5)c3n2)CC1. The van der Waals surface area contributed by atoms with Crippen LogP contribution in [-0.2, 0) is 11.2 Å². The first-order valence-corrected chi connectivity index (χ1v) is 10.5. The minimum atomic E-state index is -1.05. The molecule has 9 heteroatoms. The third-order valence-electron chi connectivity index (χ3n) is 6.17. The van der Waals surface area contributed by atoms with E-state index in [1.54, 1.807) is 16.8 Å². The van der Waals surface area contributed by atoms with Gasteiger partial charge in [0.2, 0.25) is 5.91 Å². The van der Waals surface area contributed by atoms with Crippen LogP contribution < -0.4 is 16.4 Å². The zero-order valence-electron chi connectivity index (χ0n) is 17.2. The maximum absolute atomic E-state index is 11.2. The lowest BCUT2D eigenvalue weighted by atomic mass is 9.88. The molecule has 9 nitrogen and oxygen atoms in total. The van der Waals surface area contributed by atoms with Crippen LogP contribution in [0.5, 0.6) is 0 Å². The summed E-state index contributed by atoms with van der Waals surface area (Å²) in [5, 5.41) is 15.0. The van der Waals surface area contributed by atoms with Crippen LogP contribution in [0.15, 0.2) is 30.6 Å². The van der Waals surface area contributed by atoms with Crippen LogP contribution in [0.2, 0.25) is 0 Å². The van der Waals surface area contributed by atoms with Crippen molar-refractivity contribution in [3.63, 3.8) is 0 Å². The molecule has 31 heavy (non-hydrogen) atoms. The highest BCUT2D eigenvalue weighted by Gasteiger charge is 2.34. The second-order valence-electron chi connectivity index (χ2n) is 8.39. The molecule has 5 rings (SSSR count). The second kappa shape index (κ2) is 7.35. The van der Waals surface area contributed by atoms with E-state index in [4.69, 9.17) is 16.5 Å². The Balaban J connectivity index is 1.47. The standard InChI is InChI=1S/C22H25N7O2/c23-18-10-20(28-7-5-22(31,6-8-28)11-19(24)30)27-21-16(13-26-29(18)21)15-9-14-3-1-2-4-17(14)25-12-15/h1,3,9-10,12-13,31H,2,4-8,11,23H2,(H2,24,30). The molecule has 0 aromatic carbocycles. The van der Waals surface area contributed by atoms with Gasteiger partial charge in [0.25, 0.3) is 0 Å². The molecule has 1 fully saturated rings. The molecule has 0 saturated carbocycles. The summed E-state index contributed by atoms with van der Waals surface area (Å²) in [5.41, 5.74) is 15.2. The Labute approximate surface area is 179 Å². The highest BCUT2D eigenvalue weighted by Crippen LogP contribution is 2.32. The molecule has 2 aliphatic rings. The summed E-state index contributed by atoms with van der Waals surface area (Å²) in [6, 6.07) is 3.90. The van der Waals surface area contributed by atoms with Gasteiger partial charge in [-0.15, -0.1) is 0 Å². The van der Waals surface area contributed by atoms with Gasteiger partial charge in [-0.2, -0.15) is 9.61 Å². The molecule has 1 aliphatic heterocycles. The van der Waals surface area contributed by atoms with Gasteiger partial charge in [-0.1, -0.05) is 12.2 Å². The zero-order valence-corrected chi connectivity index (χ0v) is 17.2. The first-order valence-electron chi connectivity index (χ1n) is 10.5. The summed E-state index contributed by atoms with van der Waals surface area (Å²) < 4.78 is 1.63. The predicted molar refractivity (Wildman–Crippen MR) is 118 cm³/mol. The number of allylic oxidation sites excluding steroid dienone is 1. The molecule has 0 atom stereocenters. The number of carbonyl (C=O) groups is 1. The topological polar surface area (TPSA) is 136 Å². The zero-order chi connectivity index (χ0) is 21.6. The van der Waals surface area contributed by atoms with Crippen LogP contribution in [-0.4, -0.2) is 49.3 Å². The molecule has 0 radical (unpaired) electrons. The van der Waals surface area contributed by atoms with E-state index in [0.29, 0.717) is 37.4 Å². The van der Waals surface area contributed by atoms with E-state index in [0.717, 1.165) is 41.0 Å². The summed E-state index contributed by atoms with van der Waals surface area (Å²) in [6.07, 6.45) is 10.7. The highest BCUT2D eigenvalue weighted by atomic mass is 16.3. The molecule has 5 N–H and O–H groups in total. The molecule has 1 amide bonds. The molecule has 160 valence electrons. The lowest BCUT2D eigenvalue weighted by molar-refractivity contribution is -0.123. The molecule has 3 aromatic heterocycles. The van der Waals surface area contributed by atoms with Crippen molar-refractivity contribution in [3.05, 3.63) is 41.9 Å². The fraction of sp³-hybridized carbons (Fsp3) is 0.364. The number of primary amides is 1. The van der Waals surface area contributed by atoms with Crippen molar-refractivity contribution >= 4 is 29.3 Å². The Bertz CT molecular complexity index is 1190. The summed E-state index contributed by atoms with van der Waals surface area (Å²) >= 11 is 0. The van der Waals surface area contributed by atoms with Gasteiger partial charge in [-0.25, -0.2) is 4.98 Å². The van der Waals surface area contributed by atoms with Crippen LogP contribution in [0.4, 0.5) is 11.6 Å². The summed E-state index contributed by atoms with van der Waals surface area (Å²) in [5.74, 6) is 0.714. The normalized spacial score (nSPS) is 17.6. The monoisotopic (exact) mass is 419 g/mol. The van der Waals surface area contributed by atoms with E-state index in [1.807, 2.05) is 6.20 Å². The molecular weight excluding hydrogens is 394 g/mol. The first kappa shape index (κ1) is 19.5. The number of nitrogens with zero attached hydrogens (tertiary/aromatic N) is 5. The van der Waals surface area contributed by atoms with E-state index < -0.39 is 11.5 Å². The van der Waals surface area contributed by atoms with Crippen molar-refractivity contribution < 1.29 is 9.90 Å². The smallest absolute Gasteiger partial charge is 0.220 e. The maximum atomic E-state index is 11.2. The van der Waals surface area contributed by atoms with Gasteiger partial charge in [-0.3, -0.25) is 9.78 Å². The van der Waals surface area contributed by atoms with Crippen molar-refractivity contribution in [1.82, 2.24) is 19.6 Å². The number of piperidine rings is 1. The maximum Gasteiger partial charge on any atom is 0.220 e. The minimum Gasteiger partial charge on any atom is -0.389 e. The third-order valence-corrected chi connectivity index (χ3v) is 6.17. The van der Waals surface area contributed by atoms with Crippen molar-refractivity contribution in [2.45, 2.75) is 37.7 Å². The Morgan fingerprint density at radius 1 is 1.23 bits per heavy atom. The van der Waals surface area contributed by atoms with Gasteiger partial charge in [0.05, 0.1) is 18.2 Å². The van der Waals surface area contributed by atoms with Crippen LogP contribution in [0.3, 0.4) is 0 Å². The number of carbonyl (C=O) groups excluding carboxylic acids is 1. The van der Waals surface area contributed by atoms with E-state index >= 15 is 0 Å². The van der Waals surface area contributed by atoms with Crippen LogP contribution in [0, 0.1) is 0 Å². The van der Waals surface area contributed by atoms with E-state index in [1.165, 1.54) is 0 Å². The van der Waals surface area contributed by atoms with Gasteiger partial charge in [0.1, 0.15) is 11.6 Å². The molecule has 3 aromatic rings. The summed E-state index contributed by atoms with van der Waals surface area (Å²) in [4.78, 5) is 22.8. The summed E-state index contributed by atoms with van der Waals surface area (Å²) in [7, 11) is 0. The number of rotatable bonds is 4. The molecule has 0 bridgehead atoms. The number of aliphatic hydroxyl groups is 1. The van der Waals surface area contributed by atoms with Crippen LogP contribution in [0.25, 0.3) is 22.9 Å². The third kappa shape index (κ3) is 3.61. The van der Waals surface area contributed by atoms with Gasteiger partial charge < -0.3 is 21.5 Å².